The third-order valence-corrected chi connectivity index (χ3v) is 11.6. The Kier molecular flexibility index (Phi) is 34.1. The van der Waals surface area contributed by atoms with Gasteiger partial charge in [-0.1, -0.05) is 156 Å². The smallest absolute Gasteiger partial charge is 0.306 e. The van der Waals surface area contributed by atoms with E-state index in [1.807, 2.05) is 0 Å². The quantitative estimate of drug-likeness (QED) is 0.0490. The summed E-state index contributed by atoms with van der Waals surface area (Å²) in [6.45, 7) is 11.4. The summed E-state index contributed by atoms with van der Waals surface area (Å²) in [6, 6.07) is 0. The van der Waals surface area contributed by atoms with Crippen molar-refractivity contribution in [2.24, 2.45) is 17.6 Å². The Bertz CT molecular complexity index is 776. The highest BCUT2D eigenvalue weighted by molar-refractivity contribution is 5.70. The zero-order valence-corrected chi connectivity index (χ0v) is 36.4. The summed E-state index contributed by atoms with van der Waals surface area (Å²) >= 11 is 0. The molecule has 1 saturated heterocycles. The number of carbonyl (C=O) groups is 2. The van der Waals surface area contributed by atoms with E-state index in [2.05, 4.69) is 27.7 Å². The number of unbranched alkanes of at least 4 members (excludes halogenated alkanes) is 18. The van der Waals surface area contributed by atoms with E-state index in [4.69, 9.17) is 24.7 Å². The van der Waals surface area contributed by atoms with Gasteiger partial charge >= 0.3 is 11.9 Å². The molecule has 1 atom stereocenters. The highest BCUT2D eigenvalue weighted by Crippen LogP contribution is 2.35. The third-order valence-electron chi connectivity index (χ3n) is 11.6. The average molecular weight is 766 g/mol. The molecule has 1 fully saturated rings. The number of carbonyl (C=O) groups excluding carboxylic acids is 2. The molecule has 0 saturated carbocycles. The van der Waals surface area contributed by atoms with Gasteiger partial charge in [-0.15, -0.1) is 0 Å². The Balaban J connectivity index is 2.22. The van der Waals surface area contributed by atoms with Crippen LogP contribution in [-0.2, 0) is 28.5 Å². The van der Waals surface area contributed by atoms with Gasteiger partial charge in [0.25, 0.3) is 0 Å². The molecule has 0 aliphatic carbocycles. The molecule has 0 spiro atoms. The van der Waals surface area contributed by atoms with E-state index in [0.29, 0.717) is 51.0 Å². The minimum Gasteiger partial charge on any atom is -0.466 e. The lowest BCUT2D eigenvalue weighted by atomic mass is 9.92. The topological polar surface area (TPSA) is 97.1 Å². The van der Waals surface area contributed by atoms with Crippen LogP contribution < -0.4 is 5.73 Å². The van der Waals surface area contributed by atoms with Gasteiger partial charge < -0.3 is 24.7 Å². The van der Waals surface area contributed by atoms with E-state index < -0.39 is 5.79 Å². The highest BCUT2D eigenvalue weighted by atomic mass is 16.7. The second-order valence-electron chi connectivity index (χ2n) is 16.8. The van der Waals surface area contributed by atoms with Crippen molar-refractivity contribution in [3.63, 3.8) is 0 Å². The minimum absolute atomic E-state index is 0.00942. The predicted octanol–water partition coefficient (Wildman–Crippen LogP) is 13.3. The minimum atomic E-state index is -0.446. The van der Waals surface area contributed by atoms with Gasteiger partial charge in [-0.25, -0.2) is 0 Å². The largest absolute Gasteiger partial charge is 0.466 e. The van der Waals surface area contributed by atoms with Crippen LogP contribution in [0.1, 0.15) is 240 Å². The van der Waals surface area contributed by atoms with Crippen LogP contribution in [0, 0.1) is 11.8 Å². The molecule has 1 heterocycles. The Hall–Kier alpha value is -1.18. The first kappa shape index (κ1) is 50.8. The summed E-state index contributed by atoms with van der Waals surface area (Å²) in [5.74, 6) is 0.563. The number of nitrogens with two attached hydrogens (primary N) is 1. The lowest BCUT2D eigenvalue weighted by molar-refractivity contribution is -0.179. The second kappa shape index (κ2) is 36.2. The molecule has 1 aliphatic heterocycles. The first-order valence-electron chi connectivity index (χ1n) is 23.7. The molecule has 0 amide bonds. The van der Waals surface area contributed by atoms with E-state index in [1.54, 1.807) is 0 Å². The average Bonchev–Trinajstić information content (AvgIpc) is 3.56. The van der Waals surface area contributed by atoms with Gasteiger partial charge in [0.05, 0.1) is 25.9 Å². The van der Waals surface area contributed by atoms with Crippen LogP contribution in [-0.4, -0.2) is 50.2 Å². The van der Waals surface area contributed by atoms with Crippen molar-refractivity contribution >= 4 is 11.9 Å². The molecular formula is C47H91NO6. The Morgan fingerprint density at radius 3 is 1.30 bits per heavy atom. The molecule has 0 aromatic heterocycles. The molecule has 0 aromatic carbocycles. The maximum absolute atomic E-state index is 12.5. The molecular weight excluding hydrogens is 675 g/mol. The van der Waals surface area contributed by atoms with Crippen LogP contribution in [0.4, 0.5) is 0 Å². The van der Waals surface area contributed by atoms with E-state index in [1.165, 1.54) is 116 Å². The lowest BCUT2D eigenvalue weighted by Gasteiger charge is -2.28. The number of ether oxygens (including phenoxy) is 4. The molecule has 7 nitrogen and oxygen atoms in total. The van der Waals surface area contributed by atoms with E-state index >= 15 is 0 Å². The fourth-order valence-corrected chi connectivity index (χ4v) is 8.13. The van der Waals surface area contributed by atoms with Crippen LogP contribution in [0.5, 0.6) is 0 Å². The summed E-state index contributed by atoms with van der Waals surface area (Å²) in [5.41, 5.74) is 5.85. The van der Waals surface area contributed by atoms with Crippen molar-refractivity contribution in [3.8, 4) is 0 Å². The summed E-state index contributed by atoms with van der Waals surface area (Å²) < 4.78 is 24.2. The van der Waals surface area contributed by atoms with Gasteiger partial charge in [-0.2, -0.15) is 0 Å². The van der Waals surface area contributed by atoms with Gasteiger partial charge in [0.15, 0.2) is 5.79 Å². The second-order valence-corrected chi connectivity index (χ2v) is 16.8. The Morgan fingerprint density at radius 2 is 0.926 bits per heavy atom. The first-order chi connectivity index (χ1) is 26.4. The SMILES string of the molecule is CCCCCC(CCCCC)CC(=O)OCCCCCCCCC1(CCCCCCCCOC(=O)CC(CCCCC)CCCCC)OCC(CCN)O1. The van der Waals surface area contributed by atoms with Gasteiger partial charge in [0.1, 0.15) is 0 Å². The third kappa shape index (κ3) is 28.3. The van der Waals surface area contributed by atoms with E-state index in [-0.39, 0.29) is 18.0 Å². The van der Waals surface area contributed by atoms with Gasteiger partial charge in [-0.3, -0.25) is 9.59 Å². The molecule has 2 N–H and O–H groups in total. The van der Waals surface area contributed by atoms with Gasteiger partial charge in [0, 0.05) is 25.7 Å². The monoisotopic (exact) mass is 766 g/mol. The lowest BCUT2D eigenvalue weighted by Crippen LogP contribution is -2.31. The summed E-state index contributed by atoms with van der Waals surface area (Å²) in [7, 11) is 0. The van der Waals surface area contributed by atoms with Crippen LogP contribution in [0.25, 0.3) is 0 Å². The normalized spacial score (nSPS) is 15.4. The van der Waals surface area contributed by atoms with Crippen LogP contribution >= 0.6 is 0 Å². The molecule has 7 heteroatoms. The Labute approximate surface area is 335 Å². The Morgan fingerprint density at radius 1 is 0.556 bits per heavy atom. The van der Waals surface area contributed by atoms with Crippen molar-refractivity contribution in [2.45, 2.75) is 251 Å². The molecule has 54 heavy (non-hydrogen) atoms. The van der Waals surface area contributed by atoms with Crippen LogP contribution in [0.15, 0.2) is 0 Å². The van der Waals surface area contributed by atoms with Crippen LogP contribution in [0.2, 0.25) is 0 Å². The summed E-state index contributed by atoms with van der Waals surface area (Å²) in [6.07, 6.45) is 37.1. The summed E-state index contributed by atoms with van der Waals surface area (Å²) in [5, 5.41) is 0. The maximum Gasteiger partial charge on any atom is 0.306 e. The molecule has 1 rings (SSSR count). The first-order valence-corrected chi connectivity index (χ1v) is 23.7. The predicted molar refractivity (Wildman–Crippen MR) is 227 cm³/mol. The number of hydrogen-bond acceptors (Lipinski definition) is 7. The zero-order valence-electron chi connectivity index (χ0n) is 36.4. The number of rotatable bonds is 40. The maximum atomic E-state index is 12.5. The molecule has 1 unspecified atom stereocenters. The number of hydrogen-bond donors (Lipinski definition) is 1. The van der Waals surface area contributed by atoms with Crippen molar-refractivity contribution in [2.75, 3.05) is 26.4 Å². The number of esters is 2. The molecule has 320 valence electrons. The van der Waals surface area contributed by atoms with Crippen molar-refractivity contribution < 1.29 is 28.5 Å². The molecule has 0 bridgehead atoms. The van der Waals surface area contributed by atoms with E-state index in [0.717, 1.165) is 83.5 Å². The zero-order chi connectivity index (χ0) is 39.4. The van der Waals surface area contributed by atoms with E-state index in [9.17, 15) is 9.59 Å². The highest BCUT2D eigenvalue weighted by Gasteiger charge is 2.40. The van der Waals surface area contributed by atoms with Crippen molar-refractivity contribution in [3.05, 3.63) is 0 Å². The van der Waals surface area contributed by atoms with Crippen molar-refractivity contribution in [1.82, 2.24) is 0 Å². The molecule has 1 aliphatic rings. The van der Waals surface area contributed by atoms with Crippen molar-refractivity contribution in [1.29, 1.82) is 0 Å². The van der Waals surface area contributed by atoms with Gasteiger partial charge in [-0.05, 0) is 76.2 Å². The fourth-order valence-electron chi connectivity index (χ4n) is 8.13. The standard InChI is InChI=1S/C47H91NO6/c1-5-9-21-29-42(30-22-10-6-2)39-45(49)51-37-27-19-15-13-17-25-34-47(53-41-44(54-47)33-36-48)35-26-18-14-16-20-28-38-52-46(50)40-43(31-23-11-7-3)32-24-12-8-4/h42-44H,5-41,48H2,1-4H3. The van der Waals surface area contributed by atoms with Gasteiger partial charge in [0.2, 0.25) is 0 Å². The summed E-state index contributed by atoms with van der Waals surface area (Å²) in [4.78, 5) is 25.0. The fraction of sp³-hybridized carbons (Fsp3) is 0.957. The van der Waals surface area contributed by atoms with Crippen LogP contribution in [0.3, 0.4) is 0 Å². The molecule has 0 aromatic rings. The molecule has 0 radical (unpaired) electrons.